The minimum absolute atomic E-state index is 0.0775. The van der Waals surface area contributed by atoms with E-state index >= 15 is 0 Å². The summed E-state index contributed by atoms with van der Waals surface area (Å²) >= 11 is 0. The van der Waals surface area contributed by atoms with Gasteiger partial charge in [-0.2, -0.15) is 0 Å². The van der Waals surface area contributed by atoms with Gasteiger partial charge in [-0.05, 0) is 25.8 Å². The van der Waals surface area contributed by atoms with Crippen LogP contribution in [0.1, 0.15) is 25.7 Å². The van der Waals surface area contributed by atoms with Crippen molar-refractivity contribution < 1.29 is 18.3 Å². The highest BCUT2D eigenvalue weighted by molar-refractivity contribution is 5.79. The van der Waals surface area contributed by atoms with Gasteiger partial charge >= 0.3 is 5.97 Å². The highest BCUT2D eigenvalue weighted by Gasteiger charge is 2.47. The van der Waals surface area contributed by atoms with Crippen molar-refractivity contribution in [3.8, 4) is 0 Å². The van der Waals surface area contributed by atoms with E-state index in [9.17, 15) is 13.6 Å². The molecule has 0 aromatic carbocycles. The van der Waals surface area contributed by atoms with Crippen LogP contribution >= 0.6 is 0 Å². The second kappa shape index (κ2) is 4.63. The second-order valence-electron chi connectivity index (χ2n) is 4.39. The smallest absolute Gasteiger partial charge is 0.341 e. The molecule has 0 aromatic heterocycles. The van der Waals surface area contributed by atoms with E-state index in [1.165, 1.54) is 7.05 Å². The van der Waals surface area contributed by atoms with E-state index < -0.39 is 24.0 Å². The molecule has 1 saturated carbocycles. The van der Waals surface area contributed by atoms with Crippen LogP contribution in [0, 0.1) is 5.92 Å². The Kier molecular flexibility index (Phi) is 3.85. The third-order valence-corrected chi connectivity index (χ3v) is 2.82. The lowest BCUT2D eigenvalue weighted by atomic mass is 9.98. The third kappa shape index (κ3) is 3.38. The van der Waals surface area contributed by atoms with Crippen LogP contribution in [0.2, 0.25) is 0 Å². The topological polar surface area (TPSA) is 64.3 Å². The molecular weight excluding hydrogens is 218 g/mol. The number of carbonyl (C=O) groups is 1. The summed E-state index contributed by atoms with van der Waals surface area (Å²) in [6, 6.07) is 0. The lowest BCUT2D eigenvalue weighted by Gasteiger charge is -2.30. The number of hydrogen-bond acceptors (Lipinski definition) is 4. The molecule has 0 spiro atoms. The molecule has 1 aliphatic carbocycles. The lowest BCUT2D eigenvalue weighted by Crippen LogP contribution is -2.61. The molecule has 3 N–H and O–H groups in total. The molecule has 0 aliphatic heterocycles. The number of ether oxygens (including phenoxy) is 1. The predicted octanol–water partition coefficient (Wildman–Crippen LogP) is 0.859. The lowest BCUT2D eigenvalue weighted by molar-refractivity contribution is -0.153. The minimum Gasteiger partial charge on any atom is -0.467 e. The molecule has 0 heterocycles. The Bertz CT molecular complexity index is 270. The van der Waals surface area contributed by atoms with Gasteiger partial charge < -0.3 is 10.5 Å². The number of likely N-dealkylation sites (N-methyl/N-ethyl adjacent to an activating group) is 1. The fraction of sp³-hybridized carbons (Fsp3) is 0.900. The highest BCUT2D eigenvalue weighted by atomic mass is 19.3. The fourth-order valence-corrected chi connectivity index (χ4v) is 1.67. The molecule has 1 fully saturated rings. The summed E-state index contributed by atoms with van der Waals surface area (Å²) in [5.41, 5.74) is 3.76. The number of carbonyl (C=O) groups excluding carboxylic acids is 1. The normalized spacial score (nSPS) is 20.3. The molecule has 16 heavy (non-hydrogen) atoms. The van der Waals surface area contributed by atoms with Crippen LogP contribution in [0.25, 0.3) is 0 Å². The predicted molar refractivity (Wildman–Crippen MR) is 54.9 cm³/mol. The summed E-state index contributed by atoms with van der Waals surface area (Å²) in [6.45, 7) is 0. The van der Waals surface area contributed by atoms with Gasteiger partial charge in [0.2, 0.25) is 0 Å². The van der Waals surface area contributed by atoms with E-state index in [4.69, 9.17) is 5.73 Å². The average molecular weight is 236 g/mol. The van der Waals surface area contributed by atoms with Crippen molar-refractivity contribution in [1.82, 2.24) is 5.32 Å². The summed E-state index contributed by atoms with van der Waals surface area (Å²) in [5, 5.41) is 2.40. The van der Waals surface area contributed by atoms with Crippen molar-refractivity contribution in [3.05, 3.63) is 0 Å². The van der Waals surface area contributed by atoms with E-state index in [0.29, 0.717) is 0 Å². The summed E-state index contributed by atoms with van der Waals surface area (Å²) in [6.07, 6.45) is 0.736. The van der Waals surface area contributed by atoms with Crippen LogP contribution in [0.4, 0.5) is 8.78 Å². The van der Waals surface area contributed by atoms with Crippen LogP contribution < -0.4 is 11.1 Å². The number of methoxy groups -OCH3 is 1. The van der Waals surface area contributed by atoms with Crippen molar-refractivity contribution in [2.24, 2.45) is 11.7 Å². The first-order valence-corrected chi connectivity index (χ1v) is 5.27. The number of rotatable bonds is 6. The largest absolute Gasteiger partial charge is 0.467 e. The van der Waals surface area contributed by atoms with Crippen molar-refractivity contribution in [3.63, 3.8) is 0 Å². The zero-order valence-electron chi connectivity index (χ0n) is 9.56. The molecule has 6 heteroatoms. The number of alkyl halides is 2. The molecule has 0 saturated heterocycles. The van der Waals surface area contributed by atoms with E-state index in [-0.39, 0.29) is 12.3 Å². The maximum Gasteiger partial charge on any atom is 0.341 e. The molecule has 1 aliphatic rings. The molecule has 0 bridgehead atoms. The molecule has 94 valence electrons. The molecular formula is C10H18F2N2O2. The van der Waals surface area contributed by atoms with E-state index in [1.807, 2.05) is 0 Å². The molecule has 0 aromatic rings. The first kappa shape index (κ1) is 13.3. The minimum atomic E-state index is -2.94. The molecule has 1 unspecified atom stereocenters. The van der Waals surface area contributed by atoms with Gasteiger partial charge in [0, 0.05) is 6.42 Å². The Morgan fingerprint density at radius 3 is 2.50 bits per heavy atom. The van der Waals surface area contributed by atoms with Gasteiger partial charge in [0.05, 0.1) is 13.5 Å². The Balaban J connectivity index is 2.62. The van der Waals surface area contributed by atoms with Crippen molar-refractivity contribution in [2.75, 3.05) is 14.2 Å². The number of halogens is 2. The van der Waals surface area contributed by atoms with Gasteiger partial charge in [0.15, 0.2) is 5.66 Å². The Hall–Kier alpha value is -0.750. The fourth-order valence-electron chi connectivity index (χ4n) is 1.67. The maximum absolute atomic E-state index is 13.6. The van der Waals surface area contributed by atoms with E-state index in [0.717, 1.165) is 20.0 Å². The number of esters is 1. The Morgan fingerprint density at radius 1 is 1.56 bits per heavy atom. The van der Waals surface area contributed by atoms with E-state index in [1.54, 1.807) is 0 Å². The van der Waals surface area contributed by atoms with Crippen molar-refractivity contribution in [2.45, 2.75) is 37.3 Å². The molecule has 0 radical (unpaired) electrons. The zero-order valence-corrected chi connectivity index (χ0v) is 9.56. The van der Waals surface area contributed by atoms with Crippen LogP contribution in [0.15, 0.2) is 0 Å². The number of nitrogens with two attached hydrogens (primary N) is 1. The Labute approximate surface area is 93.5 Å². The van der Waals surface area contributed by atoms with Crippen LogP contribution in [0.3, 0.4) is 0 Å². The highest BCUT2D eigenvalue weighted by Crippen LogP contribution is 2.41. The zero-order chi connectivity index (χ0) is 12.4. The molecule has 0 amide bonds. The van der Waals surface area contributed by atoms with Crippen molar-refractivity contribution in [1.29, 1.82) is 0 Å². The van der Waals surface area contributed by atoms with Crippen LogP contribution in [-0.2, 0) is 9.53 Å². The molecule has 4 nitrogen and oxygen atoms in total. The van der Waals surface area contributed by atoms with Gasteiger partial charge in [0.1, 0.15) is 0 Å². The summed E-state index contributed by atoms with van der Waals surface area (Å²) in [7, 11) is 2.49. The van der Waals surface area contributed by atoms with Gasteiger partial charge in [0.25, 0.3) is 5.92 Å². The van der Waals surface area contributed by atoms with Gasteiger partial charge in [-0.15, -0.1) is 0 Å². The summed E-state index contributed by atoms with van der Waals surface area (Å²) in [5.74, 6) is -3.73. The van der Waals surface area contributed by atoms with Crippen LogP contribution in [-0.4, -0.2) is 31.7 Å². The SMILES string of the molecule is CNC(N)(CC(F)(F)CC1CC1)C(=O)OC. The summed E-state index contributed by atoms with van der Waals surface area (Å²) in [4.78, 5) is 11.3. The number of nitrogens with one attached hydrogen (secondary N) is 1. The average Bonchev–Trinajstić information content (AvgIpc) is 2.98. The third-order valence-electron chi connectivity index (χ3n) is 2.82. The standard InChI is InChI=1S/C10H18F2N2O2/c1-14-10(13,8(15)16-2)6-9(11,12)5-7-3-4-7/h7,14H,3-6,13H2,1-2H3. The molecule has 1 atom stereocenters. The maximum atomic E-state index is 13.6. The first-order chi connectivity index (χ1) is 7.33. The van der Waals surface area contributed by atoms with Gasteiger partial charge in [-0.3, -0.25) is 5.32 Å². The Morgan fingerprint density at radius 2 is 2.12 bits per heavy atom. The quantitative estimate of drug-likeness (QED) is 0.530. The van der Waals surface area contributed by atoms with Crippen molar-refractivity contribution >= 4 is 5.97 Å². The van der Waals surface area contributed by atoms with Crippen LogP contribution in [0.5, 0.6) is 0 Å². The first-order valence-electron chi connectivity index (χ1n) is 5.27. The summed E-state index contributed by atoms with van der Waals surface area (Å²) < 4.78 is 31.5. The number of hydrogen-bond donors (Lipinski definition) is 2. The van der Waals surface area contributed by atoms with Gasteiger partial charge in [-0.25, -0.2) is 13.6 Å². The monoisotopic (exact) mass is 236 g/mol. The van der Waals surface area contributed by atoms with Gasteiger partial charge in [-0.1, -0.05) is 0 Å². The molecule has 1 rings (SSSR count). The van der Waals surface area contributed by atoms with E-state index in [2.05, 4.69) is 10.1 Å². The second-order valence-corrected chi connectivity index (χ2v) is 4.39.